The van der Waals surface area contributed by atoms with Crippen LogP contribution < -0.4 is 9.47 Å². The molecular weight excluding hydrogens is 519 g/mol. The lowest BCUT2D eigenvalue weighted by atomic mass is 10.0. The van der Waals surface area contributed by atoms with Crippen molar-refractivity contribution >= 4 is 21.8 Å². The fraction of sp³-hybridized carbons (Fsp3) is 0.219. The fourth-order valence-corrected chi connectivity index (χ4v) is 5.59. The molecule has 1 aliphatic heterocycles. The number of benzene rings is 2. The van der Waals surface area contributed by atoms with Crippen molar-refractivity contribution in [2.45, 2.75) is 12.8 Å². The third-order valence-corrected chi connectivity index (χ3v) is 7.67. The molecule has 4 aromatic heterocycles. The van der Waals surface area contributed by atoms with Crippen molar-refractivity contribution in [2.24, 2.45) is 0 Å². The van der Waals surface area contributed by atoms with E-state index >= 15 is 0 Å². The molecule has 7 rings (SSSR count). The first-order chi connectivity index (χ1) is 20.1. The number of aromatic amines is 2. The van der Waals surface area contributed by atoms with E-state index in [9.17, 15) is 4.39 Å². The maximum Gasteiger partial charge on any atom is 0.137 e. The smallest absolute Gasteiger partial charge is 0.137 e. The first-order valence-corrected chi connectivity index (χ1v) is 13.8. The molecule has 0 radical (unpaired) electrons. The molecule has 1 aliphatic rings. The number of ether oxygens (including phenoxy) is 2. The van der Waals surface area contributed by atoms with Gasteiger partial charge in [0.2, 0.25) is 0 Å². The molecule has 1 saturated heterocycles. The number of pyridine rings is 2. The number of rotatable bonds is 8. The zero-order valence-electron chi connectivity index (χ0n) is 22.7. The van der Waals surface area contributed by atoms with Crippen LogP contribution >= 0.6 is 0 Å². The number of methoxy groups -OCH3 is 1. The van der Waals surface area contributed by atoms with Crippen LogP contribution in [-0.2, 0) is 0 Å². The number of likely N-dealkylation sites (tertiary alicyclic amines) is 1. The molecule has 0 bridgehead atoms. The fourth-order valence-electron chi connectivity index (χ4n) is 5.59. The van der Waals surface area contributed by atoms with Gasteiger partial charge < -0.3 is 14.5 Å². The number of nitrogens with one attached hydrogen (secondary N) is 2. The van der Waals surface area contributed by atoms with E-state index in [1.807, 2.05) is 36.4 Å². The van der Waals surface area contributed by atoms with Crippen molar-refractivity contribution < 1.29 is 13.9 Å². The van der Waals surface area contributed by atoms with Crippen LogP contribution in [0, 0.1) is 5.82 Å². The maximum absolute atomic E-state index is 14.7. The summed E-state index contributed by atoms with van der Waals surface area (Å²) in [6, 6.07) is 16.9. The Morgan fingerprint density at radius 2 is 1.78 bits per heavy atom. The van der Waals surface area contributed by atoms with Crippen molar-refractivity contribution in [3.05, 3.63) is 79.0 Å². The van der Waals surface area contributed by atoms with Gasteiger partial charge in [-0.15, -0.1) is 0 Å². The van der Waals surface area contributed by atoms with Gasteiger partial charge in [-0.25, -0.2) is 4.39 Å². The molecule has 0 aliphatic carbocycles. The zero-order valence-corrected chi connectivity index (χ0v) is 22.7. The summed E-state index contributed by atoms with van der Waals surface area (Å²) in [5, 5.41) is 9.59. The second-order valence-corrected chi connectivity index (χ2v) is 10.3. The number of aromatic nitrogens is 5. The van der Waals surface area contributed by atoms with Crippen LogP contribution in [0.4, 0.5) is 4.39 Å². The van der Waals surface area contributed by atoms with Crippen molar-refractivity contribution in [3.8, 4) is 45.3 Å². The predicted octanol–water partition coefficient (Wildman–Crippen LogP) is 6.46. The summed E-state index contributed by atoms with van der Waals surface area (Å²) < 4.78 is 26.0. The maximum atomic E-state index is 14.7. The molecule has 9 heteroatoms. The highest BCUT2D eigenvalue weighted by molar-refractivity contribution is 6.01. The minimum absolute atomic E-state index is 0.322. The van der Waals surface area contributed by atoms with E-state index in [1.165, 1.54) is 18.9 Å². The van der Waals surface area contributed by atoms with Crippen LogP contribution in [0.3, 0.4) is 0 Å². The predicted molar refractivity (Wildman–Crippen MR) is 158 cm³/mol. The molecule has 5 heterocycles. The zero-order chi connectivity index (χ0) is 27.8. The van der Waals surface area contributed by atoms with Gasteiger partial charge in [0, 0.05) is 40.7 Å². The first-order valence-electron chi connectivity index (χ1n) is 13.8. The van der Waals surface area contributed by atoms with E-state index in [0.717, 1.165) is 75.2 Å². The number of hydrogen-bond donors (Lipinski definition) is 2. The highest BCUT2D eigenvalue weighted by atomic mass is 19.1. The molecule has 0 amide bonds. The quantitative estimate of drug-likeness (QED) is 0.227. The Bertz CT molecular complexity index is 1860. The molecule has 0 spiro atoms. The van der Waals surface area contributed by atoms with Crippen molar-refractivity contribution in [2.75, 3.05) is 33.4 Å². The van der Waals surface area contributed by atoms with Crippen LogP contribution in [-0.4, -0.2) is 63.4 Å². The number of halogens is 1. The second kappa shape index (κ2) is 10.7. The standard InChI is InChI=1S/C32H29FN6O2/c1-40-24-13-21(17-34-18-24)29-16-27-31(19-35-29)37-38-32(27)30-15-26-25(5-4-6-28(26)36-30)20-11-22(33)14-23(12-20)41-10-9-39-7-2-3-8-39/h4-6,11-19,36H,2-3,7-10H2,1H3,(H,37,38). The number of fused-ring (bicyclic) bond motifs is 2. The number of nitrogens with zero attached hydrogens (tertiary/aromatic N) is 4. The Labute approximate surface area is 236 Å². The van der Waals surface area contributed by atoms with E-state index in [-0.39, 0.29) is 5.82 Å². The lowest BCUT2D eigenvalue weighted by molar-refractivity contribution is 0.237. The Morgan fingerprint density at radius 1 is 0.902 bits per heavy atom. The molecule has 0 atom stereocenters. The van der Waals surface area contributed by atoms with Gasteiger partial charge in [-0.05, 0) is 73.5 Å². The molecular formula is C32H29FN6O2. The van der Waals surface area contributed by atoms with Crippen LogP contribution in [0.15, 0.2) is 73.2 Å². The molecule has 206 valence electrons. The summed E-state index contributed by atoms with van der Waals surface area (Å²) in [4.78, 5) is 14.7. The SMILES string of the molecule is COc1cncc(-c2cc3c(-c4cc5c(-c6cc(F)cc(OCCN7CCCC7)c6)cccc5[nH]4)n[nH]c3cn2)c1. The van der Waals surface area contributed by atoms with Crippen LogP contribution in [0.1, 0.15) is 12.8 Å². The molecule has 0 saturated carbocycles. The number of H-pyrrole nitrogens is 2. The van der Waals surface area contributed by atoms with E-state index in [4.69, 9.17) is 9.47 Å². The van der Waals surface area contributed by atoms with E-state index in [0.29, 0.717) is 18.1 Å². The van der Waals surface area contributed by atoms with Gasteiger partial charge in [-0.1, -0.05) is 12.1 Å². The Balaban J connectivity index is 1.23. The van der Waals surface area contributed by atoms with Crippen molar-refractivity contribution in [1.82, 2.24) is 30.0 Å². The van der Waals surface area contributed by atoms with E-state index in [1.54, 1.807) is 31.8 Å². The summed E-state index contributed by atoms with van der Waals surface area (Å²) in [5.41, 5.74) is 6.66. The highest BCUT2D eigenvalue weighted by Gasteiger charge is 2.16. The molecule has 2 N–H and O–H groups in total. The lowest BCUT2D eigenvalue weighted by Crippen LogP contribution is -2.25. The summed E-state index contributed by atoms with van der Waals surface area (Å²) >= 11 is 0. The molecule has 8 nitrogen and oxygen atoms in total. The van der Waals surface area contributed by atoms with Gasteiger partial charge in [0.1, 0.15) is 29.6 Å². The summed E-state index contributed by atoms with van der Waals surface area (Å²) in [6.07, 6.45) is 7.66. The topological polar surface area (TPSA) is 92.0 Å². The largest absolute Gasteiger partial charge is 0.495 e. The molecule has 6 aromatic rings. The lowest BCUT2D eigenvalue weighted by Gasteiger charge is -2.15. The minimum Gasteiger partial charge on any atom is -0.495 e. The summed E-state index contributed by atoms with van der Waals surface area (Å²) in [6.45, 7) is 3.61. The van der Waals surface area contributed by atoms with Gasteiger partial charge >= 0.3 is 0 Å². The molecule has 2 aromatic carbocycles. The highest BCUT2D eigenvalue weighted by Crippen LogP contribution is 2.36. The van der Waals surface area contributed by atoms with Crippen molar-refractivity contribution in [3.63, 3.8) is 0 Å². The third kappa shape index (κ3) is 5.00. The van der Waals surface area contributed by atoms with Gasteiger partial charge in [0.05, 0.1) is 36.4 Å². The summed E-state index contributed by atoms with van der Waals surface area (Å²) in [7, 11) is 1.61. The second-order valence-electron chi connectivity index (χ2n) is 10.3. The normalized spacial score (nSPS) is 13.8. The van der Waals surface area contributed by atoms with Gasteiger partial charge in [-0.2, -0.15) is 5.10 Å². The van der Waals surface area contributed by atoms with Crippen molar-refractivity contribution in [1.29, 1.82) is 0 Å². The van der Waals surface area contributed by atoms with Crippen LogP contribution in [0.5, 0.6) is 11.5 Å². The van der Waals surface area contributed by atoms with Crippen LogP contribution in [0.25, 0.3) is 55.6 Å². The average molecular weight is 549 g/mol. The Kier molecular flexibility index (Phi) is 6.56. The van der Waals surface area contributed by atoms with E-state index < -0.39 is 0 Å². The molecule has 1 fully saturated rings. The van der Waals surface area contributed by atoms with Gasteiger partial charge in [-0.3, -0.25) is 20.0 Å². The van der Waals surface area contributed by atoms with E-state index in [2.05, 4.69) is 36.1 Å². The van der Waals surface area contributed by atoms with Gasteiger partial charge in [0.25, 0.3) is 0 Å². The summed E-state index contributed by atoms with van der Waals surface area (Å²) in [5.74, 6) is 0.881. The molecule has 0 unspecified atom stereocenters. The first kappa shape index (κ1) is 25.2. The minimum atomic E-state index is -0.322. The Hall–Kier alpha value is -4.76. The molecule has 41 heavy (non-hydrogen) atoms. The third-order valence-electron chi connectivity index (χ3n) is 7.67. The van der Waals surface area contributed by atoms with Crippen LogP contribution in [0.2, 0.25) is 0 Å². The monoisotopic (exact) mass is 548 g/mol. The van der Waals surface area contributed by atoms with Gasteiger partial charge in [0.15, 0.2) is 0 Å². The Morgan fingerprint density at radius 3 is 2.66 bits per heavy atom. The average Bonchev–Trinajstić information content (AvgIpc) is 3.76. The number of hydrogen-bond acceptors (Lipinski definition) is 6.